The van der Waals surface area contributed by atoms with Crippen LogP contribution in [0.1, 0.15) is 44.9 Å². The van der Waals surface area contributed by atoms with Crippen molar-refractivity contribution in [1.29, 1.82) is 0 Å². The molecule has 18 heavy (non-hydrogen) atoms. The second kappa shape index (κ2) is 5.26. The molecular weight excluding hydrogens is 232 g/mol. The quantitative estimate of drug-likeness (QED) is 0.786. The molecular formula is C13H22N2O3. The van der Waals surface area contributed by atoms with Crippen LogP contribution in [0.2, 0.25) is 0 Å². The Hall–Kier alpha value is -1.10. The van der Waals surface area contributed by atoms with E-state index in [0.29, 0.717) is 25.9 Å². The number of amides is 1. The topological polar surface area (TPSA) is 83.6 Å². The van der Waals surface area contributed by atoms with Gasteiger partial charge in [-0.25, -0.2) is 0 Å². The summed E-state index contributed by atoms with van der Waals surface area (Å²) in [4.78, 5) is 24.7. The maximum absolute atomic E-state index is 12.1. The number of nitrogens with zero attached hydrogens (tertiary/aromatic N) is 1. The Labute approximate surface area is 107 Å². The van der Waals surface area contributed by atoms with E-state index in [9.17, 15) is 9.59 Å². The van der Waals surface area contributed by atoms with Crippen LogP contribution in [0.5, 0.6) is 0 Å². The molecule has 5 heteroatoms. The SMILES string of the molecule is NC1(CC(=O)N2CCC(C(=O)O)C2)CCCCC1. The smallest absolute Gasteiger partial charge is 0.308 e. The second-order valence-corrected chi connectivity index (χ2v) is 5.76. The van der Waals surface area contributed by atoms with Crippen LogP contribution >= 0.6 is 0 Å². The summed E-state index contributed by atoms with van der Waals surface area (Å²) in [6.07, 6.45) is 6.17. The first-order valence-electron chi connectivity index (χ1n) is 6.80. The van der Waals surface area contributed by atoms with E-state index in [1.165, 1.54) is 6.42 Å². The van der Waals surface area contributed by atoms with E-state index in [4.69, 9.17) is 10.8 Å². The standard InChI is InChI=1S/C13H22N2O3/c14-13(5-2-1-3-6-13)8-11(16)15-7-4-10(9-15)12(17)18/h10H,1-9,14H2,(H,17,18). The van der Waals surface area contributed by atoms with Gasteiger partial charge in [0.25, 0.3) is 0 Å². The van der Waals surface area contributed by atoms with Gasteiger partial charge in [0.1, 0.15) is 0 Å². The van der Waals surface area contributed by atoms with Crippen LogP contribution in [0.15, 0.2) is 0 Å². The molecule has 0 aromatic rings. The molecule has 1 amide bonds. The zero-order valence-electron chi connectivity index (χ0n) is 10.7. The van der Waals surface area contributed by atoms with Crippen LogP contribution in [0.3, 0.4) is 0 Å². The molecule has 0 spiro atoms. The molecule has 1 aliphatic heterocycles. The molecule has 2 rings (SSSR count). The Morgan fingerprint density at radius 3 is 2.50 bits per heavy atom. The number of likely N-dealkylation sites (tertiary alicyclic amines) is 1. The molecule has 1 aliphatic carbocycles. The number of aliphatic carboxylic acids is 1. The van der Waals surface area contributed by atoms with Crippen molar-refractivity contribution in [2.75, 3.05) is 13.1 Å². The normalized spacial score (nSPS) is 27.2. The molecule has 1 saturated carbocycles. The van der Waals surface area contributed by atoms with Crippen LogP contribution in [0.4, 0.5) is 0 Å². The highest BCUT2D eigenvalue weighted by Gasteiger charge is 2.35. The Bertz CT molecular complexity index is 337. The highest BCUT2D eigenvalue weighted by Crippen LogP contribution is 2.30. The Kier molecular flexibility index (Phi) is 3.90. The van der Waals surface area contributed by atoms with Gasteiger partial charge in [0.05, 0.1) is 5.92 Å². The van der Waals surface area contributed by atoms with E-state index in [1.54, 1.807) is 4.90 Å². The number of carboxylic acids is 1. The number of carbonyl (C=O) groups is 2. The fourth-order valence-corrected chi connectivity index (χ4v) is 3.03. The molecule has 0 aromatic heterocycles. The van der Waals surface area contributed by atoms with E-state index in [1.807, 2.05) is 0 Å². The molecule has 3 N–H and O–H groups in total. The van der Waals surface area contributed by atoms with E-state index in [-0.39, 0.29) is 11.4 Å². The van der Waals surface area contributed by atoms with Gasteiger partial charge in [-0.05, 0) is 19.3 Å². The molecule has 0 aromatic carbocycles. The highest BCUT2D eigenvalue weighted by atomic mass is 16.4. The molecule has 0 bridgehead atoms. The lowest BCUT2D eigenvalue weighted by molar-refractivity contribution is -0.141. The third-order valence-corrected chi connectivity index (χ3v) is 4.24. The van der Waals surface area contributed by atoms with Crippen molar-refractivity contribution in [3.8, 4) is 0 Å². The first kappa shape index (κ1) is 13.3. The Morgan fingerprint density at radius 1 is 1.28 bits per heavy atom. The summed E-state index contributed by atoms with van der Waals surface area (Å²) < 4.78 is 0. The molecule has 1 unspecified atom stereocenters. The van der Waals surface area contributed by atoms with Crippen molar-refractivity contribution < 1.29 is 14.7 Å². The molecule has 1 atom stereocenters. The predicted molar refractivity (Wildman–Crippen MR) is 66.9 cm³/mol. The molecule has 0 radical (unpaired) electrons. The maximum Gasteiger partial charge on any atom is 0.308 e. The summed E-state index contributed by atoms with van der Waals surface area (Å²) in [5, 5.41) is 8.92. The molecule has 2 fully saturated rings. The molecule has 102 valence electrons. The lowest BCUT2D eigenvalue weighted by Gasteiger charge is -2.34. The second-order valence-electron chi connectivity index (χ2n) is 5.76. The van der Waals surface area contributed by atoms with Crippen molar-refractivity contribution in [2.45, 2.75) is 50.5 Å². The average Bonchev–Trinajstić information content (AvgIpc) is 2.78. The van der Waals surface area contributed by atoms with Crippen molar-refractivity contribution in [3.63, 3.8) is 0 Å². The van der Waals surface area contributed by atoms with E-state index in [2.05, 4.69) is 0 Å². The van der Waals surface area contributed by atoms with E-state index >= 15 is 0 Å². The number of hydrogen-bond donors (Lipinski definition) is 2. The fourth-order valence-electron chi connectivity index (χ4n) is 3.03. The van der Waals surface area contributed by atoms with Gasteiger partial charge in [-0.3, -0.25) is 9.59 Å². The van der Waals surface area contributed by atoms with Crippen LogP contribution in [-0.4, -0.2) is 40.5 Å². The van der Waals surface area contributed by atoms with Crippen LogP contribution in [0.25, 0.3) is 0 Å². The number of rotatable bonds is 3. The van der Waals surface area contributed by atoms with Crippen molar-refractivity contribution >= 4 is 11.9 Å². The van der Waals surface area contributed by atoms with Crippen molar-refractivity contribution in [2.24, 2.45) is 11.7 Å². The average molecular weight is 254 g/mol. The lowest BCUT2D eigenvalue weighted by atomic mass is 9.80. The summed E-state index contributed by atoms with van der Waals surface area (Å²) in [7, 11) is 0. The van der Waals surface area contributed by atoms with Crippen molar-refractivity contribution in [1.82, 2.24) is 4.90 Å². The van der Waals surface area contributed by atoms with Gasteiger partial charge in [0.15, 0.2) is 0 Å². The number of nitrogens with two attached hydrogens (primary N) is 1. The van der Waals surface area contributed by atoms with Gasteiger partial charge in [-0.2, -0.15) is 0 Å². The van der Waals surface area contributed by atoms with Gasteiger partial charge in [-0.1, -0.05) is 19.3 Å². The monoisotopic (exact) mass is 254 g/mol. The highest BCUT2D eigenvalue weighted by molar-refractivity contribution is 5.79. The minimum Gasteiger partial charge on any atom is -0.481 e. The molecule has 2 aliphatic rings. The maximum atomic E-state index is 12.1. The summed E-state index contributed by atoms with van der Waals surface area (Å²) in [6, 6.07) is 0. The molecule has 1 saturated heterocycles. The van der Waals surface area contributed by atoms with Crippen LogP contribution in [-0.2, 0) is 9.59 Å². The predicted octanol–water partition coefficient (Wildman–Crippen LogP) is 0.971. The number of carboxylic acid groups (broad SMARTS) is 1. The fraction of sp³-hybridized carbons (Fsp3) is 0.846. The van der Waals surface area contributed by atoms with Gasteiger partial charge < -0.3 is 15.7 Å². The Morgan fingerprint density at radius 2 is 1.94 bits per heavy atom. The number of carbonyl (C=O) groups excluding carboxylic acids is 1. The third-order valence-electron chi connectivity index (χ3n) is 4.24. The zero-order valence-corrected chi connectivity index (χ0v) is 10.7. The van der Waals surface area contributed by atoms with Gasteiger partial charge in [0.2, 0.25) is 5.91 Å². The summed E-state index contributed by atoms with van der Waals surface area (Å²) in [6.45, 7) is 0.913. The van der Waals surface area contributed by atoms with Crippen LogP contribution < -0.4 is 5.73 Å². The van der Waals surface area contributed by atoms with E-state index < -0.39 is 11.9 Å². The molecule has 1 heterocycles. The minimum atomic E-state index is -0.801. The van der Waals surface area contributed by atoms with Gasteiger partial charge in [0, 0.05) is 25.0 Å². The summed E-state index contributed by atoms with van der Waals surface area (Å²) >= 11 is 0. The summed E-state index contributed by atoms with van der Waals surface area (Å²) in [5.41, 5.74) is 5.91. The van der Waals surface area contributed by atoms with Crippen LogP contribution in [0, 0.1) is 5.92 Å². The zero-order chi connectivity index (χ0) is 13.2. The van der Waals surface area contributed by atoms with Gasteiger partial charge >= 0.3 is 5.97 Å². The minimum absolute atomic E-state index is 0.0307. The molecule has 5 nitrogen and oxygen atoms in total. The van der Waals surface area contributed by atoms with Gasteiger partial charge in [-0.15, -0.1) is 0 Å². The first-order valence-corrected chi connectivity index (χ1v) is 6.80. The number of hydrogen-bond acceptors (Lipinski definition) is 3. The van der Waals surface area contributed by atoms with E-state index in [0.717, 1.165) is 25.7 Å². The van der Waals surface area contributed by atoms with Crippen molar-refractivity contribution in [3.05, 3.63) is 0 Å². The first-order chi connectivity index (χ1) is 8.50. The largest absolute Gasteiger partial charge is 0.481 e. The third kappa shape index (κ3) is 3.02. The Balaban J connectivity index is 1.87. The summed E-state index contributed by atoms with van der Waals surface area (Å²) in [5.74, 6) is -1.16. The lowest BCUT2D eigenvalue weighted by Crippen LogP contribution is -2.46.